The topological polar surface area (TPSA) is 83.1 Å². The Labute approximate surface area is 409 Å². The second kappa shape index (κ2) is 33.2. The molecule has 0 saturated heterocycles. The summed E-state index contributed by atoms with van der Waals surface area (Å²) in [5, 5.41) is 3.70. The van der Waals surface area contributed by atoms with Gasteiger partial charge in [-0.25, -0.2) is 0 Å². The predicted molar refractivity (Wildman–Crippen MR) is 283 cm³/mol. The van der Waals surface area contributed by atoms with Gasteiger partial charge in [0.25, 0.3) is 0 Å². The Morgan fingerprint density at radius 2 is 0.403 bits per heavy atom. The lowest BCUT2D eigenvalue weighted by molar-refractivity contribution is 0.295. The Morgan fingerprint density at radius 3 is 0.537 bits per heavy atom. The Hall–Kier alpha value is -4.33. The maximum Gasteiger partial charge on any atom is 0.244 e. The van der Waals surface area contributed by atoms with Gasteiger partial charge in [-0.05, 0) is 99.9 Å². The van der Waals surface area contributed by atoms with Gasteiger partial charge in [0, 0.05) is 0 Å². The van der Waals surface area contributed by atoms with Crippen LogP contribution in [0.5, 0.6) is 46.0 Å². The molecule has 0 aromatic heterocycles. The zero-order valence-corrected chi connectivity index (χ0v) is 45.0. The highest BCUT2D eigenvalue weighted by molar-refractivity contribution is 6.94. The molecule has 0 bridgehead atoms. The molecule has 0 unspecified atom stereocenters. The van der Waals surface area contributed by atoms with Crippen molar-refractivity contribution < 1.29 is 42.0 Å². The summed E-state index contributed by atoms with van der Waals surface area (Å²) in [4.78, 5) is 0. The molecule has 0 N–H and O–H groups in total. The van der Waals surface area contributed by atoms with E-state index in [0.717, 1.165) is 169 Å². The lowest BCUT2D eigenvalue weighted by Gasteiger charge is -2.32. The largest absolute Gasteiger partial charge is 0.493 e. The average molecular weight is 959 g/mol. The summed E-state index contributed by atoms with van der Waals surface area (Å²) >= 11 is 0. The number of benzene rings is 4. The van der Waals surface area contributed by atoms with Gasteiger partial charge < -0.3 is 42.0 Å². The molecule has 372 valence electrons. The lowest BCUT2D eigenvalue weighted by Crippen LogP contribution is -2.58. The summed E-state index contributed by atoms with van der Waals surface area (Å²) in [6.07, 6.45) is 15.3. The highest BCUT2D eigenvalue weighted by atomic mass is 28.4. The van der Waals surface area contributed by atoms with Crippen molar-refractivity contribution in [3.8, 4) is 46.0 Å². The predicted octanol–water partition coefficient (Wildman–Crippen LogP) is 11.5. The summed E-state index contributed by atoms with van der Waals surface area (Å²) in [5.74, 6) is 6.06. The van der Waals surface area contributed by atoms with Crippen LogP contribution in [0.3, 0.4) is 0 Å². The first kappa shape index (κ1) is 55.3. The second-order valence-electron chi connectivity index (χ2n) is 17.2. The van der Waals surface area contributed by atoms with E-state index in [-0.39, 0.29) is 0 Å². The third-order valence-electron chi connectivity index (χ3n) is 11.5. The molecule has 0 saturated carbocycles. The van der Waals surface area contributed by atoms with E-state index < -0.39 is 18.1 Å². The summed E-state index contributed by atoms with van der Waals surface area (Å²) < 4.78 is 63.3. The third kappa shape index (κ3) is 17.6. The highest BCUT2D eigenvalue weighted by Crippen LogP contribution is 2.30. The van der Waals surface area contributed by atoms with Crippen LogP contribution in [-0.2, 0) is 4.12 Å². The Bertz CT molecular complexity index is 1560. The van der Waals surface area contributed by atoms with E-state index in [2.05, 4.69) is 104 Å². The van der Waals surface area contributed by atoms with E-state index in [9.17, 15) is 0 Å². The smallest absolute Gasteiger partial charge is 0.244 e. The first-order valence-corrected chi connectivity index (χ1v) is 29.5. The molecule has 0 aliphatic rings. The molecule has 0 heterocycles. The fourth-order valence-corrected chi connectivity index (χ4v) is 14.8. The molecule has 0 aliphatic carbocycles. The normalized spacial score (nSPS) is 11.3. The second-order valence-corrected chi connectivity index (χ2v) is 22.1. The van der Waals surface area contributed by atoms with E-state index in [0.29, 0.717) is 52.9 Å². The van der Waals surface area contributed by atoms with Crippen molar-refractivity contribution in [1.29, 1.82) is 0 Å². The molecule has 0 radical (unpaired) electrons. The van der Waals surface area contributed by atoms with Crippen LogP contribution in [0.1, 0.15) is 158 Å². The number of unbranched alkanes of at least 4 members (excludes halogenated alkanes) is 8. The summed E-state index contributed by atoms with van der Waals surface area (Å²) in [6.45, 7) is 22.0. The van der Waals surface area contributed by atoms with Gasteiger partial charge in [0.1, 0.15) is 46.0 Å². The Morgan fingerprint density at radius 1 is 0.254 bits per heavy atom. The van der Waals surface area contributed by atoms with Crippen LogP contribution in [0.4, 0.5) is 0 Å². The van der Waals surface area contributed by atoms with E-state index >= 15 is 0 Å². The van der Waals surface area contributed by atoms with Crippen molar-refractivity contribution in [2.75, 3.05) is 52.9 Å². The molecular formula is C56H86O9Si2. The third-order valence-corrected chi connectivity index (χ3v) is 18.0. The summed E-state index contributed by atoms with van der Waals surface area (Å²) in [6, 6.07) is 24.8. The van der Waals surface area contributed by atoms with Crippen molar-refractivity contribution >= 4 is 38.8 Å². The monoisotopic (exact) mass is 959 g/mol. The van der Waals surface area contributed by atoms with Crippen LogP contribution in [0.25, 0.3) is 0 Å². The van der Waals surface area contributed by atoms with Gasteiger partial charge in [0.2, 0.25) is 18.1 Å². The van der Waals surface area contributed by atoms with Gasteiger partial charge in [0.15, 0.2) is 0 Å². The van der Waals surface area contributed by atoms with Crippen molar-refractivity contribution in [3.05, 3.63) is 72.8 Å². The van der Waals surface area contributed by atoms with E-state index in [1.807, 2.05) is 24.3 Å². The van der Waals surface area contributed by atoms with Crippen LogP contribution >= 0.6 is 0 Å². The van der Waals surface area contributed by atoms with Crippen LogP contribution in [0.2, 0.25) is 0 Å². The Kier molecular flexibility index (Phi) is 27.4. The van der Waals surface area contributed by atoms with Crippen LogP contribution in [0, 0.1) is 0 Å². The van der Waals surface area contributed by atoms with E-state index in [1.165, 1.54) is 0 Å². The van der Waals surface area contributed by atoms with Crippen molar-refractivity contribution in [2.45, 2.75) is 158 Å². The quantitative estimate of drug-likeness (QED) is 0.0322. The maximum absolute atomic E-state index is 8.41. The Balaban J connectivity index is 2.25. The molecule has 11 heteroatoms. The van der Waals surface area contributed by atoms with Gasteiger partial charge in [-0.3, -0.25) is 0 Å². The molecule has 0 atom stereocenters. The van der Waals surface area contributed by atoms with Crippen LogP contribution in [0.15, 0.2) is 72.8 Å². The number of hydrogen-bond donors (Lipinski definition) is 0. The average Bonchev–Trinajstić information content (AvgIpc) is 3.34. The minimum Gasteiger partial charge on any atom is -0.493 e. The van der Waals surface area contributed by atoms with Crippen molar-refractivity contribution in [1.82, 2.24) is 0 Å². The minimum atomic E-state index is -3.09. The van der Waals surface area contributed by atoms with Gasteiger partial charge in [-0.15, -0.1) is 0 Å². The minimum absolute atomic E-state index is 0.561. The maximum atomic E-state index is 8.41. The van der Waals surface area contributed by atoms with Gasteiger partial charge >= 0.3 is 0 Å². The van der Waals surface area contributed by atoms with E-state index in [1.54, 1.807) is 0 Å². The van der Waals surface area contributed by atoms with Crippen LogP contribution in [-0.4, -0.2) is 70.9 Å². The molecule has 4 aromatic rings. The molecule has 0 fully saturated rings. The lowest BCUT2D eigenvalue weighted by atomic mass is 10.3. The van der Waals surface area contributed by atoms with Gasteiger partial charge in [-0.2, -0.15) is 0 Å². The molecule has 4 aromatic carbocycles. The van der Waals surface area contributed by atoms with Crippen molar-refractivity contribution in [2.24, 2.45) is 0 Å². The van der Waals surface area contributed by atoms with Gasteiger partial charge in [-0.1, -0.05) is 131 Å². The number of rotatable bonds is 38. The molecule has 9 nitrogen and oxygen atoms in total. The van der Waals surface area contributed by atoms with E-state index in [4.69, 9.17) is 42.0 Å². The zero-order chi connectivity index (χ0) is 47.9. The number of ether oxygens (including phenoxy) is 8. The fraction of sp³-hybridized carbons (Fsp3) is 0.571. The van der Waals surface area contributed by atoms with Crippen LogP contribution < -0.4 is 58.6 Å². The number of hydrogen-bond acceptors (Lipinski definition) is 9. The highest BCUT2D eigenvalue weighted by Gasteiger charge is 2.40. The SMILES string of the molecule is CCCCOc1cccc(OCCCC)c1[SiH](O[SiH](c1c(OCCCC)cccc1OCCCC)c1c(OCCCC)cccc1OCCCC)c1c(OCCCC)cccc1OCCCC. The molecule has 0 amide bonds. The summed E-state index contributed by atoms with van der Waals surface area (Å²) in [5.41, 5.74) is 0. The molecule has 0 spiro atoms. The molecule has 67 heavy (non-hydrogen) atoms. The molecule has 4 rings (SSSR count). The van der Waals surface area contributed by atoms with Gasteiger partial charge in [0.05, 0.1) is 73.6 Å². The molecular weight excluding hydrogens is 873 g/mol. The standard InChI is InChI=1S/C56H86O9Si2/c1-9-17-37-57-45-29-25-30-46(58-38-18-10-2)53(45)66(54-47(59-39-19-11-3)31-26-32-48(54)60-40-20-12-4)65-67(55-49(61-41-21-13-5)33-27-34-50(55)62-42-22-14-6)56-51(63-43-23-15-7)35-28-36-52(56)64-44-24-16-8/h25-36,66-67H,9-24,37-44H2,1-8H3. The van der Waals surface area contributed by atoms with Crippen molar-refractivity contribution in [3.63, 3.8) is 0 Å². The first-order valence-electron chi connectivity index (χ1n) is 26.2. The fourth-order valence-electron chi connectivity index (χ4n) is 7.44. The molecule has 0 aliphatic heterocycles. The first-order chi connectivity index (χ1) is 33.0. The zero-order valence-electron chi connectivity index (χ0n) is 42.7. The summed E-state index contributed by atoms with van der Waals surface area (Å²) in [7, 11) is -6.17.